The van der Waals surface area contributed by atoms with Crippen LogP contribution in [0.15, 0.2) is 328 Å². The standard InChI is InChI=1S/C90H54N4/c1-2-22-60-59(21-1)75-49-55(91-83-33-13-5-25-67(83)68-26-6-14-34-84(68)91)41-45-63(75)79-53-81-65-47-43-57(93-87-37-17-9-29-71(87)72-30-10-18-38-88(72)93)51-77(65)61-23-3-4-24-62(61)78-52-58(94-89-39-19-11-31-73(89)74-32-12-20-40-90(74)94)44-48-66(78)82(81)54-80(79)64-46-42-56(50-76(60)64)92-85-35-15-7-27-69(85)70-28-8-16-36-86(70)92/h1-54H. The van der Waals surface area contributed by atoms with Crippen molar-refractivity contribution in [1.29, 1.82) is 0 Å². The van der Waals surface area contributed by atoms with E-state index >= 15 is 0 Å². The van der Waals surface area contributed by atoms with Gasteiger partial charge in [-0.3, -0.25) is 0 Å². The van der Waals surface area contributed by atoms with Gasteiger partial charge in [0.2, 0.25) is 0 Å². The van der Waals surface area contributed by atoms with Gasteiger partial charge in [0, 0.05) is 65.8 Å². The molecule has 0 aliphatic heterocycles. The van der Waals surface area contributed by atoms with Gasteiger partial charge in [0.25, 0.3) is 0 Å². The van der Waals surface area contributed by atoms with E-state index in [4.69, 9.17) is 0 Å². The summed E-state index contributed by atoms with van der Waals surface area (Å²) >= 11 is 0. The Morgan fingerprint density at radius 1 is 0.106 bits per heavy atom. The van der Waals surface area contributed by atoms with Crippen molar-refractivity contribution in [3.05, 3.63) is 328 Å². The number of hydrogen-bond donors (Lipinski definition) is 0. The molecule has 0 amide bonds. The molecule has 0 bridgehead atoms. The molecule has 21 aromatic rings. The van der Waals surface area contributed by atoms with Crippen LogP contribution in [0.2, 0.25) is 0 Å². The summed E-state index contributed by atoms with van der Waals surface area (Å²) < 4.78 is 9.87. The van der Waals surface area contributed by atoms with E-state index in [0.717, 1.165) is 22.7 Å². The molecule has 4 nitrogen and oxygen atoms in total. The van der Waals surface area contributed by atoms with Crippen LogP contribution in [0.3, 0.4) is 0 Å². The summed E-state index contributed by atoms with van der Waals surface area (Å²) in [6, 6.07) is 123. The second kappa shape index (κ2) is 19.5. The first kappa shape index (κ1) is 51.3. The predicted octanol–water partition coefficient (Wildman–Crippen LogP) is 24.4. The lowest BCUT2D eigenvalue weighted by molar-refractivity contribution is 1.19. The Hall–Kier alpha value is -12.5. The molecule has 21 rings (SSSR count). The van der Waals surface area contributed by atoms with Gasteiger partial charge in [-0.2, -0.15) is 0 Å². The molecule has 4 heterocycles. The number of rotatable bonds is 4. The van der Waals surface area contributed by atoms with Gasteiger partial charge in [0.15, 0.2) is 0 Å². The molecule has 0 saturated heterocycles. The number of nitrogens with zero attached hydrogens (tertiary/aromatic N) is 4. The highest BCUT2D eigenvalue weighted by Crippen LogP contribution is 2.46. The monoisotopic (exact) mass is 1190 g/mol. The van der Waals surface area contributed by atoms with Crippen LogP contribution in [0.4, 0.5) is 0 Å². The van der Waals surface area contributed by atoms with Crippen molar-refractivity contribution in [2.45, 2.75) is 0 Å². The molecule has 0 radical (unpaired) electrons. The van der Waals surface area contributed by atoms with Gasteiger partial charge in [0.05, 0.1) is 44.1 Å². The SMILES string of the molecule is c1ccc2c(c1)c1cc(-n3c4ccccc4c4ccccc43)ccc1c1cc3c4ccc(-n5c6ccccc6c6ccccc65)cc4c4ccccc4c4cc(-n5c6ccccc6c6ccccc65)ccc4c3cc1c1ccc(-n3c4ccccc4c4ccccc43)cc21. The molecule has 0 spiro atoms. The minimum absolute atomic E-state index is 1.12. The van der Waals surface area contributed by atoms with Gasteiger partial charge in [-0.25, -0.2) is 0 Å². The molecule has 0 fully saturated rings. The van der Waals surface area contributed by atoms with E-state index in [9.17, 15) is 0 Å². The second-order valence-corrected chi connectivity index (χ2v) is 25.4. The Kier molecular flexibility index (Phi) is 10.6. The summed E-state index contributed by atoms with van der Waals surface area (Å²) in [5, 5.41) is 28.8. The highest BCUT2D eigenvalue weighted by atomic mass is 15.0. The van der Waals surface area contributed by atoms with Crippen LogP contribution in [-0.4, -0.2) is 18.3 Å². The molecule has 0 unspecified atom stereocenters. The Labute approximate surface area is 538 Å². The fourth-order valence-electron chi connectivity index (χ4n) is 16.7. The molecule has 17 aromatic carbocycles. The van der Waals surface area contributed by atoms with Crippen LogP contribution >= 0.6 is 0 Å². The quantitative estimate of drug-likeness (QED) is 0.167. The Bertz CT molecular complexity index is 5940. The number of para-hydroxylation sites is 8. The zero-order chi connectivity index (χ0) is 61.3. The maximum atomic E-state index is 2.57. The van der Waals surface area contributed by atoms with Gasteiger partial charge >= 0.3 is 0 Å². The first-order valence-corrected chi connectivity index (χ1v) is 32.6. The Balaban J connectivity index is 0.966. The van der Waals surface area contributed by atoms with E-state index in [1.165, 1.54) is 173 Å². The van der Waals surface area contributed by atoms with Crippen LogP contribution in [0.5, 0.6) is 0 Å². The topological polar surface area (TPSA) is 19.7 Å². The average molecular weight is 1190 g/mol. The summed E-state index contributed by atoms with van der Waals surface area (Å²) in [4.78, 5) is 0. The van der Waals surface area contributed by atoms with Gasteiger partial charge in [-0.05, 0) is 195 Å². The summed E-state index contributed by atoms with van der Waals surface area (Å²) in [5.41, 5.74) is 13.9. The number of hydrogen-bond acceptors (Lipinski definition) is 0. The first-order valence-electron chi connectivity index (χ1n) is 32.6. The molecule has 0 aliphatic rings. The maximum absolute atomic E-state index is 2.57. The largest absolute Gasteiger partial charge is 0.309 e. The van der Waals surface area contributed by atoms with Crippen molar-refractivity contribution in [3.8, 4) is 22.7 Å². The molecule has 0 saturated carbocycles. The number of aromatic nitrogens is 4. The summed E-state index contributed by atoms with van der Waals surface area (Å²) in [6.07, 6.45) is 0. The van der Waals surface area contributed by atoms with Crippen molar-refractivity contribution in [1.82, 2.24) is 18.3 Å². The van der Waals surface area contributed by atoms with E-state index in [2.05, 4.69) is 346 Å². The van der Waals surface area contributed by atoms with E-state index in [-0.39, 0.29) is 0 Å². The molecule has 94 heavy (non-hydrogen) atoms. The summed E-state index contributed by atoms with van der Waals surface area (Å²) in [5.74, 6) is 0. The van der Waals surface area contributed by atoms with Crippen molar-refractivity contribution in [3.63, 3.8) is 0 Å². The minimum atomic E-state index is 1.12. The van der Waals surface area contributed by atoms with E-state index in [0.29, 0.717) is 0 Å². The molecule has 0 aliphatic carbocycles. The fourth-order valence-corrected chi connectivity index (χ4v) is 16.7. The maximum Gasteiger partial charge on any atom is 0.0541 e. The highest BCUT2D eigenvalue weighted by molar-refractivity contribution is 6.33. The van der Waals surface area contributed by atoms with Gasteiger partial charge in [-0.15, -0.1) is 0 Å². The Morgan fingerprint density at radius 3 is 0.426 bits per heavy atom. The lowest BCUT2D eigenvalue weighted by Crippen LogP contribution is -1.96. The molecule has 4 aromatic heterocycles. The average Bonchev–Trinajstić information content (AvgIpc) is 0.949. The zero-order valence-corrected chi connectivity index (χ0v) is 51.0. The van der Waals surface area contributed by atoms with Gasteiger partial charge < -0.3 is 18.3 Å². The van der Waals surface area contributed by atoms with Crippen LogP contribution in [0.25, 0.3) is 196 Å². The normalized spacial score (nSPS) is 12.3. The third kappa shape index (κ3) is 7.16. The zero-order valence-electron chi connectivity index (χ0n) is 51.0. The van der Waals surface area contributed by atoms with Crippen LogP contribution in [0.1, 0.15) is 0 Å². The van der Waals surface area contributed by atoms with Crippen LogP contribution in [-0.2, 0) is 0 Å². The number of fused-ring (bicyclic) bond motifs is 28. The first-order chi connectivity index (χ1) is 46.7. The third-order valence-electron chi connectivity index (χ3n) is 20.7. The van der Waals surface area contributed by atoms with Gasteiger partial charge in [-0.1, -0.05) is 218 Å². The smallest absolute Gasteiger partial charge is 0.0541 e. The van der Waals surface area contributed by atoms with Gasteiger partial charge in [0.1, 0.15) is 0 Å². The summed E-state index contributed by atoms with van der Waals surface area (Å²) in [6.45, 7) is 0. The molecule has 4 heteroatoms. The molecule has 0 N–H and O–H groups in total. The van der Waals surface area contributed by atoms with E-state index in [1.807, 2.05) is 0 Å². The molecular formula is C90H54N4. The number of benzene rings is 15. The van der Waals surface area contributed by atoms with Crippen LogP contribution in [0, 0.1) is 0 Å². The van der Waals surface area contributed by atoms with Crippen molar-refractivity contribution in [2.24, 2.45) is 0 Å². The fraction of sp³-hybridized carbons (Fsp3) is 0. The second-order valence-electron chi connectivity index (χ2n) is 25.4. The lowest BCUT2D eigenvalue weighted by atomic mass is 9.89. The Morgan fingerprint density at radius 2 is 0.245 bits per heavy atom. The minimum Gasteiger partial charge on any atom is -0.309 e. The third-order valence-corrected chi connectivity index (χ3v) is 20.7. The van der Waals surface area contributed by atoms with Crippen molar-refractivity contribution >= 4 is 173 Å². The van der Waals surface area contributed by atoms with E-state index < -0.39 is 0 Å². The lowest BCUT2D eigenvalue weighted by Gasteiger charge is -2.17. The highest BCUT2D eigenvalue weighted by Gasteiger charge is 2.21. The van der Waals surface area contributed by atoms with E-state index in [1.54, 1.807) is 0 Å². The van der Waals surface area contributed by atoms with Crippen LogP contribution < -0.4 is 0 Å². The predicted molar refractivity (Wildman–Crippen MR) is 401 cm³/mol. The molecular weight excluding hydrogens is 1140 g/mol. The molecule has 0 atom stereocenters. The molecule has 434 valence electrons. The summed E-state index contributed by atoms with van der Waals surface area (Å²) in [7, 11) is 0. The van der Waals surface area contributed by atoms with Crippen molar-refractivity contribution in [2.75, 3.05) is 0 Å². The van der Waals surface area contributed by atoms with Crippen molar-refractivity contribution < 1.29 is 0 Å².